The van der Waals surface area contributed by atoms with E-state index in [1.807, 2.05) is 6.20 Å². The van der Waals surface area contributed by atoms with E-state index in [0.717, 1.165) is 12.5 Å². The maximum atomic E-state index is 4.49. The minimum Gasteiger partial charge on any atom is -0.316 e. The first-order valence-electron chi connectivity index (χ1n) is 7.77. The Morgan fingerprint density at radius 1 is 1.00 bits per heavy atom. The van der Waals surface area contributed by atoms with Gasteiger partial charge in [-0.2, -0.15) is 5.10 Å². The summed E-state index contributed by atoms with van der Waals surface area (Å²) in [6, 6.07) is 11.2. The average molecular weight is 267 g/mol. The highest BCUT2D eigenvalue weighted by Crippen LogP contribution is 2.40. The van der Waals surface area contributed by atoms with E-state index in [2.05, 4.69) is 45.4 Å². The molecule has 2 aliphatic rings. The quantitative estimate of drug-likeness (QED) is 0.925. The number of benzene rings is 1. The molecule has 1 N–H and O–H groups in total. The summed E-state index contributed by atoms with van der Waals surface area (Å²) in [4.78, 5) is 0. The highest BCUT2D eigenvalue weighted by atomic mass is 15.3. The number of nitrogens with zero attached hydrogens (tertiary/aromatic N) is 2. The maximum Gasteiger partial charge on any atom is 0.0649 e. The van der Waals surface area contributed by atoms with E-state index in [1.165, 1.54) is 49.2 Å². The first-order valence-corrected chi connectivity index (χ1v) is 7.77. The topological polar surface area (TPSA) is 29.9 Å². The molecule has 0 bridgehead atoms. The van der Waals surface area contributed by atoms with Crippen LogP contribution in [0.4, 0.5) is 0 Å². The molecule has 1 aromatic carbocycles. The van der Waals surface area contributed by atoms with Gasteiger partial charge in [-0.25, -0.2) is 4.68 Å². The fourth-order valence-electron chi connectivity index (χ4n) is 3.24. The van der Waals surface area contributed by atoms with Crippen LogP contribution in [-0.2, 0) is 0 Å². The van der Waals surface area contributed by atoms with Gasteiger partial charge in [0, 0.05) is 24.4 Å². The van der Waals surface area contributed by atoms with Crippen molar-refractivity contribution in [3.8, 4) is 5.69 Å². The largest absolute Gasteiger partial charge is 0.316 e. The summed E-state index contributed by atoms with van der Waals surface area (Å²) in [6.07, 6.45) is 7.15. The van der Waals surface area contributed by atoms with Gasteiger partial charge in [-0.3, -0.25) is 0 Å². The van der Waals surface area contributed by atoms with Gasteiger partial charge in [-0.15, -0.1) is 0 Å². The summed E-state index contributed by atoms with van der Waals surface area (Å²) in [7, 11) is 0. The molecule has 3 nitrogen and oxygen atoms in total. The van der Waals surface area contributed by atoms with Gasteiger partial charge in [0.25, 0.3) is 0 Å². The fourth-order valence-corrected chi connectivity index (χ4v) is 3.24. The van der Waals surface area contributed by atoms with E-state index in [0.29, 0.717) is 5.92 Å². The van der Waals surface area contributed by atoms with Crippen molar-refractivity contribution in [2.24, 2.45) is 0 Å². The van der Waals surface area contributed by atoms with E-state index < -0.39 is 0 Å². The summed E-state index contributed by atoms with van der Waals surface area (Å²) in [5.74, 6) is 1.41. The molecule has 4 rings (SSSR count). The van der Waals surface area contributed by atoms with Gasteiger partial charge in [0.1, 0.15) is 0 Å². The Morgan fingerprint density at radius 3 is 2.55 bits per heavy atom. The third-order valence-electron chi connectivity index (χ3n) is 4.57. The van der Waals surface area contributed by atoms with Gasteiger partial charge in [-0.05, 0) is 61.9 Å². The summed E-state index contributed by atoms with van der Waals surface area (Å²) in [6.45, 7) is 2.29. The third kappa shape index (κ3) is 2.27. The second kappa shape index (κ2) is 5.06. The molecule has 0 radical (unpaired) electrons. The number of hydrogen-bond donors (Lipinski definition) is 1. The lowest BCUT2D eigenvalue weighted by Gasteiger charge is -2.23. The Balaban J connectivity index is 1.58. The van der Waals surface area contributed by atoms with Gasteiger partial charge in [0.15, 0.2) is 0 Å². The smallest absolute Gasteiger partial charge is 0.0649 e. The molecule has 1 aliphatic carbocycles. The zero-order chi connectivity index (χ0) is 13.4. The Labute approximate surface area is 120 Å². The molecule has 1 unspecified atom stereocenters. The van der Waals surface area contributed by atoms with Gasteiger partial charge in [0.2, 0.25) is 0 Å². The van der Waals surface area contributed by atoms with Crippen molar-refractivity contribution in [3.05, 3.63) is 47.8 Å². The van der Waals surface area contributed by atoms with Crippen LogP contribution in [0, 0.1) is 0 Å². The molecule has 2 fully saturated rings. The molecule has 1 saturated carbocycles. The lowest BCUT2D eigenvalue weighted by Crippen LogP contribution is -2.28. The molecule has 1 atom stereocenters. The van der Waals surface area contributed by atoms with Crippen molar-refractivity contribution in [2.45, 2.75) is 37.5 Å². The predicted octanol–water partition coefficient (Wildman–Crippen LogP) is 3.22. The van der Waals surface area contributed by atoms with Crippen molar-refractivity contribution >= 4 is 0 Å². The van der Waals surface area contributed by atoms with Gasteiger partial charge < -0.3 is 5.32 Å². The summed E-state index contributed by atoms with van der Waals surface area (Å²) in [5, 5.41) is 7.98. The summed E-state index contributed by atoms with van der Waals surface area (Å²) in [5.41, 5.74) is 4.03. The van der Waals surface area contributed by atoms with Crippen LogP contribution < -0.4 is 5.32 Å². The number of nitrogens with one attached hydrogen (secondary N) is 1. The average Bonchev–Trinajstić information content (AvgIpc) is 3.25. The second-order valence-corrected chi connectivity index (χ2v) is 6.08. The summed E-state index contributed by atoms with van der Waals surface area (Å²) < 4.78 is 2.11. The highest BCUT2D eigenvalue weighted by Gasteiger charge is 2.27. The van der Waals surface area contributed by atoms with E-state index in [-0.39, 0.29) is 0 Å². The van der Waals surface area contributed by atoms with E-state index >= 15 is 0 Å². The van der Waals surface area contributed by atoms with Crippen LogP contribution in [0.25, 0.3) is 5.69 Å². The number of hydrogen-bond acceptors (Lipinski definition) is 2. The van der Waals surface area contributed by atoms with E-state index in [4.69, 9.17) is 0 Å². The Morgan fingerprint density at radius 2 is 1.85 bits per heavy atom. The first-order chi connectivity index (χ1) is 9.92. The van der Waals surface area contributed by atoms with Gasteiger partial charge >= 0.3 is 0 Å². The molecule has 0 spiro atoms. The van der Waals surface area contributed by atoms with Crippen molar-refractivity contribution in [3.63, 3.8) is 0 Å². The minimum atomic E-state index is 0.679. The standard InChI is InChI=1S/C17H21N3/c1-2-15(12-18-10-1)13-5-7-16(8-6-13)20-17(9-11-19-20)14-3-4-14/h5-9,11,14-15,18H,1-4,10,12H2. The van der Waals surface area contributed by atoms with E-state index in [1.54, 1.807) is 0 Å². The Bertz CT molecular complexity index is 575. The molecule has 1 saturated heterocycles. The molecule has 3 heteroatoms. The van der Waals surface area contributed by atoms with Crippen LogP contribution in [0.1, 0.15) is 48.8 Å². The number of piperidine rings is 1. The number of aromatic nitrogens is 2. The van der Waals surface area contributed by atoms with Crippen LogP contribution in [0.3, 0.4) is 0 Å². The monoisotopic (exact) mass is 267 g/mol. The van der Waals surface area contributed by atoms with Crippen LogP contribution in [-0.4, -0.2) is 22.9 Å². The van der Waals surface area contributed by atoms with Crippen molar-refractivity contribution in [1.29, 1.82) is 0 Å². The predicted molar refractivity (Wildman–Crippen MR) is 80.4 cm³/mol. The third-order valence-corrected chi connectivity index (χ3v) is 4.57. The minimum absolute atomic E-state index is 0.679. The zero-order valence-corrected chi connectivity index (χ0v) is 11.8. The van der Waals surface area contributed by atoms with Crippen molar-refractivity contribution in [2.75, 3.05) is 13.1 Å². The number of rotatable bonds is 3. The van der Waals surface area contributed by atoms with Gasteiger partial charge in [0.05, 0.1) is 5.69 Å². The van der Waals surface area contributed by atoms with Crippen LogP contribution in [0.5, 0.6) is 0 Å². The summed E-state index contributed by atoms with van der Waals surface area (Å²) >= 11 is 0. The van der Waals surface area contributed by atoms with E-state index in [9.17, 15) is 0 Å². The Hall–Kier alpha value is -1.61. The molecule has 0 amide bonds. The molecular weight excluding hydrogens is 246 g/mol. The zero-order valence-electron chi connectivity index (χ0n) is 11.8. The Kier molecular flexibility index (Phi) is 3.07. The normalized spacial score (nSPS) is 22.9. The highest BCUT2D eigenvalue weighted by molar-refractivity contribution is 5.38. The molecule has 2 aromatic rings. The van der Waals surface area contributed by atoms with Crippen molar-refractivity contribution in [1.82, 2.24) is 15.1 Å². The lowest BCUT2D eigenvalue weighted by molar-refractivity contribution is 0.461. The SMILES string of the molecule is c1cc(C2CC2)n(-c2ccc(C3CCCNC3)cc2)n1. The second-order valence-electron chi connectivity index (χ2n) is 6.08. The van der Waals surface area contributed by atoms with Gasteiger partial charge in [-0.1, -0.05) is 12.1 Å². The molecule has 1 aliphatic heterocycles. The van der Waals surface area contributed by atoms with Crippen LogP contribution in [0.15, 0.2) is 36.5 Å². The van der Waals surface area contributed by atoms with Crippen molar-refractivity contribution < 1.29 is 0 Å². The molecule has 20 heavy (non-hydrogen) atoms. The molecule has 2 heterocycles. The van der Waals surface area contributed by atoms with Crippen LogP contribution >= 0.6 is 0 Å². The molecule has 1 aromatic heterocycles. The molecule has 104 valence electrons. The molecular formula is C17H21N3. The lowest BCUT2D eigenvalue weighted by atomic mass is 9.92. The first kappa shape index (κ1) is 12.2. The fraction of sp³-hybridized carbons (Fsp3) is 0.471. The van der Waals surface area contributed by atoms with Crippen LogP contribution in [0.2, 0.25) is 0 Å². The maximum absolute atomic E-state index is 4.49.